The van der Waals surface area contributed by atoms with E-state index in [1.165, 1.54) is 7.11 Å². The maximum atomic E-state index is 11.5. The van der Waals surface area contributed by atoms with Gasteiger partial charge in [-0.05, 0) is 31.9 Å². The lowest BCUT2D eigenvalue weighted by atomic mass is 10.1. The van der Waals surface area contributed by atoms with E-state index in [1.54, 1.807) is 13.2 Å². The monoisotopic (exact) mass is 264 g/mol. The predicted octanol–water partition coefficient (Wildman–Crippen LogP) is 1.79. The lowest BCUT2D eigenvalue weighted by molar-refractivity contribution is 0.0599. The van der Waals surface area contributed by atoms with Gasteiger partial charge in [-0.15, -0.1) is 0 Å². The molecule has 0 saturated carbocycles. The molecule has 1 aliphatic rings. The number of pyridine rings is 1. The summed E-state index contributed by atoms with van der Waals surface area (Å²) < 4.78 is 10.1. The largest absolute Gasteiger partial charge is 0.465 e. The number of hydrogen-bond acceptors (Lipinski definition) is 5. The lowest BCUT2D eigenvalue weighted by Crippen LogP contribution is -2.37. The van der Waals surface area contributed by atoms with E-state index in [9.17, 15) is 4.79 Å². The topological polar surface area (TPSA) is 51.7 Å². The second-order valence-electron chi connectivity index (χ2n) is 4.72. The molecule has 1 saturated heterocycles. The van der Waals surface area contributed by atoms with Gasteiger partial charge in [-0.3, -0.25) is 0 Å². The van der Waals surface area contributed by atoms with Gasteiger partial charge in [0.2, 0.25) is 0 Å². The smallest absolute Gasteiger partial charge is 0.339 e. The standard InChI is InChI=1S/C14H20N2O3/c1-10-12(14(17)19-3)4-5-13(15-10)16-8-6-11(18-2)7-9-16/h4-5,11H,6-9H2,1-3H3. The number of rotatable bonds is 3. The molecule has 0 spiro atoms. The highest BCUT2D eigenvalue weighted by Crippen LogP contribution is 2.21. The second kappa shape index (κ2) is 6.02. The first-order valence-electron chi connectivity index (χ1n) is 6.49. The molecule has 1 fully saturated rings. The van der Waals surface area contributed by atoms with Crippen LogP contribution in [0.1, 0.15) is 28.9 Å². The summed E-state index contributed by atoms with van der Waals surface area (Å²) in [4.78, 5) is 18.2. The Balaban J connectivity index is 2.10. The van der Waals surface area contributed by atoms with Crippen LogP contribution in [0.3, 0.4) is 0 Å². The summed E-state index contributed by atoms with van der Waals surface area (Å²) in [6, 6.07) is 3.66. The van der Waals surface area contributed by atoms with E-state index in [0.29, 0.717) is 17.4 Å². The minimum atomic E-state index is -0.338. The van der Waals surface area contributed by atoms with Crippen LogP contribution in [0.15, 0.2) is 12.1 Å². The minimum Gasteiger partial charge on any atom is -0.465 e. The maximum absolute atomic E-state index is 11.5. The van der Waals surface area contributed by atoms with E-state index in [0.717, 1.165) is 31.7 Å². The lowest BCUT2D eigenvalue weighted by Gasteiger charge is -2.32. The molecular weight excluding hydrogens is 244 g/mol. The van der Waals surface area contributed by atoms with Crippen molar-refractivity contribution >= 4 is 11.8 Å². The van der Waals surface area contributed by atoms with E-state index in [1.807, 2.05) is 13.0 Å². The number of methoxy groups -OCH3 is 2. The van der Waals surface area contributed by atoms with Crippen molar-refractivity contribution in [3.63, 3.8) is 0 Å². The molecule has 5 nitrogen and oxygen atoms in total. The van der Waals surface area contributed by atoms with Crippen LogP contribution in [0, 0.1) is 6.92 Å². The molecule has 2 rings (SSSR count). The third kappa shape index (κ3) is 3.04. The fourth-order valence-electron chi connectivity index (χ4n) is 2.37. The van der Waals surface area contributed by atoms with Crippen molar-refractivity contribution in [1.29, 1.82) is 0 Å². The molecule has 0 aliphatic carbocycles. The molecular formula is C14H20N2O3. The molecule has 2 heterocycles. The summed E-state index contributed by atoms with van der Waals surface area (Å²) in [6.07, 6.45) is 2.37. The highest BCUT2D eigenvalue weighted by molar-refractivity contribution is 5.90. The molecule has 0 bridgehead atoms. The quantitative estimate of drug-likeness (QED) is 0.779. The molecule has 1 aliphatic heterocycles. The Morgan fingerprint density at radius 3 is 2.53 bits per heavy atom. The van der Waals surface area contributed by atoms with Gasteiger partial charge in [0.05, 0.1) is 24.5 Å². The van der Waals surface area contributed by atoms with Gasteiger partial charge < -0.3 is 14.4 Å². The molecule has 19 heavy (non-hydrogen) atoms. The van der Waals surface area contributed by atoms with Crippen molar-refractivity contribution in [2.45, 2.75) is 25.9 Å². The molecule has 5 heteroatoms. The summed E-state index contributed by atoms with van der Waals surface area (Å²) in [5.74, 6) is 0.578. The van der Waals surface area contributed by atoms with Gasteiger partial charge in [-0.1, -0.05) is 0 Å². The molecule has 0 amide bonds. The second-order valence-corrected chi connectivity index (χ2v) is 4.72. The first kappa shape index (κ1) is 13.8. The van der Waals surface area contributed by atoms with Gasteiger partial charge >= 0.3 is 5.97 Å². The fourth-order valence-corrected chi connectivity index (χ4v) is 2.37. The van der Waals surface area contributed by atoms with Gasteiger partial charge in [-0.2, -0.15) is 0 Å². The van der Waals surface area contributed by atoms with Crippen molar-refractivity contribution in [2.75, 3.05) is 32.2 Å². The Morgan fingerprint density at radius 1 is 1.32 bits per heavy atom. The molecule has 1 aromatic heterocycles. The van der Waals surface area contributed by atoms with Gasteiger partial charge in [0, 0.05) is 20.2 Å². The SMILES string of the molecule is COC(=O)c1ccc(N2CCC(OC)CC2)nc1C. The number of carbonyl (C=O) groups excluding carboxylic acids is 1. The number of ether oxygens (including phenoxy) is 2. The highest BCUT2D eigenvalue weighted by Gasteiger charge is 2.20. The number of carbonyl (C=O) groups is 1. The molecule has 0 atom stereocenters. The third-order valence-corrected chi connectivity index (χ3v) is 3.58. The zero-order valence-electron chi connectivity index (χ0n) is 11.7. The van der Waals surface area contributed by atoms with Crippen LogP contribution in [0.2, 0.25) is 0 Å². The fraction of sp³-hybridized carbons (Fsp3) is 0.571. The predicted molar refractivity (Wildman–Crippen MR) is 72.6 cm³/mol. The van der Waals surface area contributed by atoms with Crippen LogP contribution < -0.4 is 4.90 Å². The Kier molecular flexibility index (Phi) is 4.37. The molecule has 1 aromatic rings. The average molecular weight is 264 g/mol. The number of esters is 1. The maximum Gasteiger partial charge on any atom is 0.339 e. The zero-order chi connectivity index (χ0) is 13.8. The average Bonchev–Trinajstić information content (AvgIpc) is 2.46. The number of aromatic nitrogens is 1. The Labute approximate surface area is 113 Å². The Bertz CT molecular complexity index is 454. The molecule has 0 radical (unpaired) electrons. The third-order valence-electron chi connectivity index (χ3n) is 3.58. The Hall–Kier alpha value is -1.62. The number of nitrogens with zero attached hydrogens (tertiary/aromatic N) is 2. The van der Waals surface area contributed by atoms with Crippen molar-refractivity contribution < 1.29 is 14.3 Å². The van der Waals surface area contributed by atoms with Crippen LogP contribution >= 0.6 is 0 Å². The van der Waals surface area contributed by atoms with E-state index in [4.69, 9.17) is 9.47 Å². The summed E-state index contributed by atoms with van der Waals surface area (Å²) in [6.45, 7) is 3.70. The van der Waals surface area contributed by atoms with E-state index >= 15 is 0 Å². The van der Waals surface area contributed by atoms with Gasteiger partial charge in [-0.25, -0.2) is 9.78 Å². The summed E-state index contributed by atoms with van der Waals surface area (Å²) >= 11 is 0. The van der Waals surface area contributed by atoms with Crippen LogP contribution in [0.4, 0.5) is 5.82 Å². The van der Waals surface area contributed by atoms with Crippen LogP contribution in [-0.2, 0) is 9.47 Å². The highest BCUT2D eigenvalue weighted by atomic mass is 16.5. The molecule has 0 N–H and O–H groups in total. The van der Waals surface area contributed by atoms with Gasteiger partial charge in [0.15, 0.2) is 0 Å². The summed E-state index contributed by atoms with van der Waals surface area (Å²) in [5.41, 5.74) is 1.23. The van der Waals surface area contributed by atoms with E-state index < -0.39 is 0 Å². The van der Waals surface area contributed by atoms with Crippen molar-refractivity contribution in [2.24, 2.45) is 0 Å². The number of aryl methyl sites for hydroxylation is 1. The summed E-state index contributed by atoms with van der Waals surface area (Å²) in [5, 5.41) is 0. The molecule has 0 aromatic carbocycles. The molecule has 104 valence electrons. The van der Waals surface area contributed by atoms with Gasteiger partial charge in [0.1, 0.15) is 5.82 Å². The van der Waals surface area contributed by atoms with E-state index in [2.05, 4.69) is 9.88 Å². The zero-order valence-corrected chi connectivity index (χ0v) is 11.7. The Morgan fingerprint density at radius 2 is 2.00 bits per heavy atom. The summed E-state index contributed by atoms with van der Waals surface area (Å²) in [7, 11) is 3.14. The van der Waals surface area contributed by atoms with Crippen molar-refractivity contribution in [1.82, 2.24) is 4.98 Å². The normalized spacial score (nSPS) is 16.5. The number of hydrogen-bond donors (Lipinski definition) is 0. The minimum absolute atomic E-state index is 0.338. The van der Waals surface area contributed by atoms with Crippen LogP contribution in [0.25, 0.3) is 0 Å². The first-order valence-corrected chi connectivity index (χ1v) is 6.49. The molecule has 0 unspecified atom stereocenters. The van der Waals surface area contributed by atoms with Crippen molar-refractivity contribution in [3.8, 4) is 0 Å². The van der Waals surface area contributed by atoms with Gasteiger partial charge in [0.25, 0.3) is 0 Å². The van der Waals surface area contributed by atoms with Crippen LogP contribution in [0.5, 0.6) is 0 Å². The van der Waals surface area contributed by atoms with Crippen molar-refractivity contribution in [3.05, 3.63) is 23.4 Å². The van der Waals surface area contributed by atoms with Crippen LogP contribution in [-0.4, -0.2) is 44.4 Å². The number of anilines is 1. The van der Waals surface area contributed by atoms with E-state index in [-0.39, 0.29) is 5.97 Å². The first-order chi connectivity index (χ1) is 9.15. The number of piperidine rings is 1.